The molecule has 0 aliphatic heterocycles. The topological polar surface area (TPSA) is 66.8 Å². The quantitative estimate of drug-likeness (QED) is 0.608. The van der Waals surface area contributed by atoms with Crippen molar-refractivity contribution in [1.29, 1.82) is 0 Å². The molecule has 144 valence electrons. The lowest BCUT2D eigenvalue weighted by Gasteiger charge is -2.25. The number of carbonyl (C=O) groups excluding carboxylic acids is 1. The number of rotatable bonds is 7. The summed E-state index contributed by atoms with van der Waals surface area (Å²) in [7, 11) is 1.49. The van der Waals surface area contributed by atoms with Gasteiger partial charge in [0.25, 0.3) is 5.91 Å². The summed E-state index contributed by atoms with van der Waals surface area (Å²) in [6.45, 7) is 0.259. The smallest absolute Gasteiger partial charge is 0.303 e. The molecule has 0 atom stereocenters. The standard InChI is InChI=1S/C22H20ClNO4/c1-28-20-12-11-16(23)14-18(20)22(27)24(13-5-10-21(25)26)19-9-4-7-15-6-2-3-8-17(15)19/h2-4,6-9,11-12,14H,5,10,13H2,1H3,(H,25,26). The normalized spacial score (nSPS) is 10.6. The Morgan fingerprint density at radius 3 is 2.57 bits per heavy atom. The second-order valence-electron chi connectivity index (χ2n) is 6.30. The maximum atomic E-state index is 13.4. The van der Waals surface area contributed by atoms with Gasteiger partial charge >= 0.3 is 5.97 Å². The van der Waals surface area contributed by atoms with E-state index in [-0.39, 0.29) is 18.9 Å². The molecule has 1 amide bonds. The van der Waals surface area contributed by atoms with Gasteiger partial charge in [-0.1, -0.05) is 48.0 Å². The van der Waals surface area contributed by atoms with E-state index in [4.69, 9.17) is 21.4 Å². The lowest BCUT2D eigenvalue weighted by Crippen LogP contribution is -2.32. The van der Waals surface area contributed by atoms with Crippen LogP contribution in [0, 0.1) is 0 Å². The number of methoxy groups -OCH3 is 1. The number of anilines is 1. The molecule has 28 heavy (non-hydrogen) atoms. The molecule has 3 rings (SSSR count). The third-order valence-electron chi connectivity index (χ3n) is 4.47. The molecule has 0 unspecified atom stereocenters. The molecule has 0 heterocycles. The zero-order valence-electron chi connectivity index (χ0n) is 15.4. The average molecular weight is 398 g/mol. The zero-order valence-corrected chi connectivity index (χ0v) is 16.1. The fourth-order valence-electron chi connectivity index (χ4n) is 3.16. The van der Waals surface area contributed by atoms with Crippen LogP contribution in [0.4, 0.5) is 5.69 Å². The van der Waals surface area contributed by atoms with E-state index in [2.05, 4.69) is 0 Å². The van der Waals surface area contributed by atoms with Gasteiger partial charge in [0.05, 0.1) is 18.4 Å². The molecule has 3 aromatic carbocycles. The second kappa shape index (κ2) is 8.76. The number of amides is 1. The third kappa shape index (κ3) is 4.26. The molecule has 0 bridgehead atoms. The molecule has 5 nitrogen and oxygen atoms in total. The van der Waals surface area contributed by atoms with E-state index in [1.54, 1.807) is 23.1 Å². The number of nitrogens with zero attached hydrogens (tertiary/aromatic N) is 1. The predicted octanol–water partition coefficient (Wildman–Crippen LogP) is 5.01. The highest BCUT2D eigenvalue weighted by molar-refractivity contribution is 6.31. The van der Waals surface area contributed by atoms with Gasteiger partial charge in [0.1, 0.15) is 5.75 Å². The van der Waals surface area contributed by atoms with E-state index in [9.17, 15) is 9.59 Å². The number of carbonyl (C=O) groups is 2. The number of ether oxygens (including phenoxy) is 1. The molecule has 6 heteroatoms. The molecule has 0 fully saturated rings. The van der Waals surface area contributed by atoms with E-state index in [0.29, 0.717) is 22.8 Å². The minimum absolute atomic E-state index is 0.0266. The fourth-order valence-corrected chi connectivity index (χ4v) is 3.33. The summed E-state index contributed by atoms with van der Waals surface area (Å²) in [5.74, 6) is -0.774. The van der Waals surface area contributed by atoms with Crippen molar-refractivity contribution in [1.82, 2.24) is 0 Å². The van der Waals surface area contributed by atoms with Crippen molar-refractivity contribution in [3.05, 3.63) is 71.2 Å². The van der Waals surface area contributed by atoms with Crippen molar-refractivity contribution in [2.45, 2.75) is 12.8 Å². The Morgan fingerprint density at radius 2 is 1.82 bits per heavy atom. The van der Waals surface area contributed by atoms with Gasteiger partial charge < -0.3 is 14.7 Å². The minimum atomic E-state index is -0.898. The van der Waals surface area contributed by atoms with Gasteiger partial charge in [-0.3, -0.25) is 9.59 Å². The molecule has 0 spiro atoms. The van der Waals surface area contributed by atoms with Crippen LogP contribution in [-0.4, -0.2) is 30.6 Å². The van der Waals surface area contributed by atoms with Crippen molar-refractivity contribution in [3.8, 4) is 5.75 Å². The van der Waals surface area contributed by atoms with Crippen LogP contribution in [0.5, 0.6) is 5.75 Å². The largest absolute Gasteiger partial charge is 0.496 e. The van der Waals surface area contributed by atoms with Crippen LogP contribution in [0.15, 0.2) is 60.7 Å². The Bertz CT molecular complexity index is 1010. The van der Waals surface area contributed by atoms with Crippen LogP contribution < -0.4 is 9.64 Å². The number of benzene rings is 3. The molecule has 0 aromatic heterocycles. The predicted molar refractivity (Wildman–Crippen MR) is 110 cm³/mol. The van der Waals surface area contributed by atoms with Crippen LogP contribution in [-0.2, 0) is 4.79 Å². The summed E-state index contributed by atoms with van der Waals surface area (Å²) in [6, 6.07) is 18.3. The highest BCUT2D eigenvalue weighted by atomic mass is 35.5. The van der Waals surface area contributed by atoms with Crippen LogP contribution in [0.2, 0.25) is 5.02 Å². The first-order valence-corrected chi connectivity index (χ1v) is 9.24. The second-order valence-corrected chi connectivity index (χ2v) is 6.73. The summed E-state index contributed by atoms with van der Waals surface area (Å²) in [6.07, 6.45) is 0.300. The van der Waals surface area contributed by atoms with Gasteiger partial charge in [-0.05, 0) is 36.1 Å². The molecule has 0 saturated heterocycles. The van der Waals surface area contributed by atoms with Crippen LogP contribution in [0.3, 0.4) is 0 Å². The maximum Gasteiger partial charge on any atom is 0.303 e. The number of halogens is 1. The lowest BCUT2D eigenvalue weighted by molar-refractivity contribution is -0.137. The minimum Gasteiger partial charge on any atom is -0.496 e. The highest BCUT2D eigenvalue weighted by Crippen LogP contribution is 2.31. The molecule has 1 N–H and O–H groups in total. The van der Waals surface area contributed by atoms with Crippen molar-refractivity contribution in [3.63, 3.8) is 0 Å². The Hall–Kier alpha value is -3.05. The number of aliphatic carboxylic acids is 1. The van der Waals surface area contributed by atoms with Crippen LogP contribution in [0.1, 0.15) is 23.2 Å². The number of hydrogen-bond donors (Lipinski definition) is 1. The van der Waals surface area contributed by atoms with Gasteiger partial charge in [-0.15, -0.1) is 0 Å². The van der Waals surface area contributed by atoms with Gasteiger partial charge in [-0.2, -0.15) is 0 Å². The van der Waals surface area contributed by atoms with E-state index in [0.717, 1.165) is 16.5 Å². The first kappa shape index (κ1) is 19.7. The molecule has 0 radical (unpaired) electrons. The third-order valence-corrected chi connectivity index (χ3v) is 4.70. The Morgan fingerprint density at radius 1 is 1.07 bits per heavy atom. The number of fused-ring (bicyclic) bond motifs is 1. The van der Waals surface area contributed by atoms with Crippen molar-refractivity contribution in [2.24, 2.45) is 0 Å². The molecule has 0 aliphatic rings. The van der Waals surface area contributed by atoms with Crippen LogP contribution >= 0.6 is 11.6 Å². The summed E-state index contributed by atoms with van der Waals surface area (Å²) < 4.78 is 5.34. The first-order valence-electron chi connectivity index (χ1n) is 8.86. The first-order chi connectivity index (χ1) is 13.5. The van der Waals surface area contributed by atoms with Crippen molar-refractivity contribution in [2.75, 3.05) is 18.6 Å². The van der Waals surface area contributed by atoms with Gasteiger partial charge in [0.2, 0.25) is 0 Å². The van der Waals surface area contributed by atoms with E-state index in [1.165, 1.54) is 7.11 Å². The van der Waals surface area contributed by atoms with Crippen molar-refractivity contribution >= 4 is 39.9 Å². The number of hydrogen-bond acceptors (Lipinski definition) is 3. The maximum absolute atomic E-state index is 13.4. The lowest BCUT2D eigenvalue weighted by atomic mass is 10.1. The molecule has 0 aliphatic carbocycles. The van der Waals surface area contributed by atoms with E-state index < -0.39 is 5.97 Å². The summed E-state index contributed by atoms with van der Waals surface area (Å²) >= 11 is 6.11. The fraction of sp³-hybridized carbons (Fsp3) is 0.182. The zero-order chi connectivity index (χ0) is 20.1. The Balaban J connectivity index is 2.07. The average Bonchev–Trinajstić information content (AvgIpc) is 2.70. The van der Waals surface area contributed by atoms with Gasteiger partial charge in [-0.25, -0.2) is 0 Å². The summed E-state index contributed by atoms with van der Waals surface area (Å²) in [4.78, 5) is 26.0. The van der Waals surface area contributed by atoms with Crippen molar-refractivity contribution < 1.29 is 19.4 Å². The Labute approximate surface area is 168 Å². The Kier molecular flexibility index (Phi) is 6.16. The van der Waals surface area contributed by atoms with E-state index >= 15 is 0 Å². The molecular weight excluding hydrogens is 378 g/mol. The van der Waals surface area contributed by atoms with Crippen LogP contribution in [0.25, 0.3) is 10.8 Å². The van der Waals surface area contributed by atoms with Gasteiger partial charge in [0.15, 0.2) is 0 Å². The molecule has 3 aromatic rings. The highest BCUT2D eigenvalue weighted by Gasteiger charge is 2.23. The van der Waals surface area contributed by atoms with E-state index in [1.807, 2.05) is 42.5 Å². The summed E-state index contributed by atoms with van der Waals surface area (Å²) in [5, 5.41) is 11.3. The number of carboxylic acid groups (broad SMARTS) is 1. The molecule has 0 saturated carbocycles. The molecular formula is C22H20ClNO4. The van der Waals surface area contributed by atoms with Gasteiger partial charge in [0, 0.05) is 23.4 Å². The SMILES string of the molecule is COc1ccc(Cl)cc1C(=O)N(CCCC(=O)O)c1cccc2ccccc12. The number of carboxylic acids is 1. The monoisotopic (exact) mass is 397 g/mol. The summed E-state index contributed by atoms with van der Waals surface area (Å²) in [5.41, 5.74) is 1.05.